The number of benzene rings is 2. The molecule has 4 aromatic rings. The highest BCUT2D eigenvalue weighted by Crippen LogP contribution is 2.37. The van der Waals surface area contributed by atoms with E-state index in [9.17, 15) is 27.6 Å². The second-order valence-corrected chi connectivity index (χ2v) is 8.09. The van der Waals surface area contributed by atoms with Crippen molar-refractivity contribution in [2.24, 2.45) is 5.73 Å². The third-order valence-electron chi connectivity index (χ3n) is 5.85. The van der Waals surface area contributed by atoms with Gasteiger partial charge in [0, 0.05) is 40.6 Å². The van der Waals surface area contributed by atoms with Gasteiger partial charge in [0.25, 0.3) is 17.4 Å². The van der Waals surface area contributed by atoms with Gasteiger partial charge in [-0.25, -0.2) is 0 Å². The van der Waals surface area contributed by atoms with E-state index >= 15 is 0 Å². The third kappa shape index (κ3) is 3.98. The second kappa shape index (κ2) is 8.42. The molecule has 36 heavy (non-hydrogen) atoms. The lowest BCUT2D eigenvalue weighted by atomic mass is 9.97. The molecule has 2 aromatic heterocycles. The number of hydrogen-bond acceptors (Lipinski definition) is 3. The molecule has 5 rings (SSSR count). The topological polar surface area (TPSA) is 110 Å². The zero-order valence-corrected chi connectivity index (χ0v) is 18.4. The van der Waals surface area contributed by atoms with Crippen LogP contribution in [-0.4, -0.2) is 21.4 Å². The van der Waals surface area contributed by atoms with Crippen LogP contribution in [0.1, 0.15) is 27.2 Å². The van der Waals surface area contributed by atoms with Gasteiger partial charge in [0.05, 0.1) is 11.1 Å². The van der Waals surface area contributed by atoms with Gasteiger partial charge in [-0.05, 0) is 60.2 Å². The smallest absolute Gasteiger partial charge is 0.365 e. The Hall–Kier alpha value is -4.86. The van der Waals surface area contributed by atoms with Crippen molar-refractivity contribution in [1.82, 2.24) is 9.55 Å². The van der Waals surface area contributed by atoms with Gasteiger partial charge < -0.3 is 16.0 Å². The molecule has 0 aliphatic carbocycles. The first-order chi connectivity index (χ1) is 17.1. The summed E-state index contributed by atoms with van der Waals surface area (Å²) >= 11 is 0. The van der Waals surface area contributed by atoms with Gasteiger partial charge in [-0.3, -0.25) is 19.0 Å². The number of carbonyl (C=O) groups excluding carboxylic acids is 2. The number of primary amides is 1. The standard InChI is InChI=1S/C26H17F3N4O3/c27-26(28,29)15-4-6-17(7-5-15)33-11-9-18(22(23(30)34)25(33)36)14-3-8-19-20(13-16-2-1-10-31-16)24(35)32-21(19)12-14/h1-13,31H,(H2,30,34)(H,32,35). The fourth-order valence-electron chi connectivity index (χ4n) is 4.12. The van der Waals surface area contributed by atoms with Crippen molar-refractivity contribution < 1.29 is 22.8 Å². The van der Waals surface area contributed by atoms with Crippen molar-refractivity contribution in [2.45, 2.75) is 6.18 Å². The Labute approximate surface area is 201 Å². The number of amides is 2. The van der Waals surface area contributed by atoms with Crippen LogP contribution in [0.4, 0.5) is 18.9 Å². The summed E-state index contributed by atoms with van der Waals surface area (Å²) < 4.78 is 39.7. The summed E-state index contributed by atoms with van der Waals surface area (Å²) in [6.45, 7) is 0. The number of anilines is 1. The predicted octanol–water partition coefficient (Wildman–Crippen LogP) is 4.44. The van der Waals surface area contributed by atoms with Crippen LogP contribution in [0, 0.1) is 0 Å². The van der Waals surface area contributed by atoms with Crippen LogP contribution in [0.3, 0.4) is 0 Å². The van der Waals surface area contributed by atoms with E-state index in [1.165, 1.54) is 12.3 Å². The zero-order chi connectivity index (χ0) is 25.6. The normalized spacial score (nSPS) is 14.1. The molecular formula is C26H17F3N4O3. The number of H-pyrrole nitrogens is 1. The summed E-state index contributed by atoms with van der Waals surface area (Å²) in [5.74, 6) is -1.29. The Kier molecular flexibility index (Phi) is 5.36. The minimum absolute atomic E-state index is 0.141. The molecule has 3 heterocycles. The van der Waals surface area contributed by atoms with Crippen LogP contribution in [0.5, 0.6) is 0 Å². The zero-order valence-electron chi connectivity index (χ0n) is 18.4. The number of aromatic amines is 1. The van der Waals surface area contributed by atoms with E-state index in [-0.39, 0.29) is 22.7 Å². The summed E-state index contributed by atoms with van der Waals surface area (Å²) in [5.41, 5.74) is 6.73. The maximum absolute atomic E-state index is 13.2. The maximum Gasteiger partial charge on any atom is 0.416 e. The fourth-order valence-corrected chi connectivity index (χ4v) is 4.12. The lowest BCUT2D eigenvalue weighted by Crippen LogP contribution is -2.29. The first-order valence-electron chi connectivity index (χ1n) is 10.7. The number of halogens is 3. The van der Waals surface area contributed by atoms with Crippen molar-refractivity contribution in [3.8, 4) is 16.8 Å². The molecule has 0 saturated heterocycles. The Morgan fingerprint density at radius 3 is 2.36 bits per heavy atom. The first-order valence-corrected chi connectivity index (χ1v) is 10.7. The number of nitrogens with one attached hydrogen (secondary N) is 2. The SMILES string of the molecule is NC(=O)c1c(-c2ccc3c(c2)NC(=O)C3=Cc2ccc[nH]2)ccn(-c2ccc(C(F)(F)F)cc2)c1=O. The van der Waals surface area contributed by atoms with Gasteiger partial charge in [-0.15, -0.1) is 0 Å². The summed E-state index contributed by atoms with van der Waals surface area (Å²) in [6, 6.07) is 14.1. The molecule has 2 amide bonds. The maximum atomic E-state index is 13.2. The van der Waals surface area contributed by atoms with E-state index in [1.54, 1.807) is 30.5 Å². The number of alkyl halides is 3. The molecule has 0 saturated carbocycles. The van der Waals surface area contributed by atoms with E-state index < -0.39 is 23.2 Å². The Morgan fingerprint density at radius 1 is 0.972 bits per heavy atom. The van der Waals surface area contributed by atoms with Crippen LogP contribution >= 0.6 is 0 Å². The van der Waals surface area contributed by atoms with Gasteiger partial charge >= 0.3 is 6.18 Å². The van der Waals surface area contributed by atoms with Crippen molar-refractivity contribution >= 4 is 29.2 Å². The van der Waals surface area contributed by atoms with Gasteiger partial charge in [0.2, 0.25) is 0 Å². The highest BCUT2D eigenvalue weighted by Gasteiger charge is 2.30. The van der Waals surface area contributed by atoms with Crippen molar-refractivity contribution in [2.75, 3.05) is 5.32 Å². The van der Waals surface area contributed by atoms with Crippen LogP contribution < -0.4 is 16.6 Å². The van der Waals surface area contributed by atoms with Crippen molar-refractivity contribution in [3.05, 3.63) is 106 Å². The molecule has 0 spiro atoms. The minimum Gasteiger partial charge on any atom is -0.365 e. The molecule has 10 heteroatoms. The average Bonchev–Trinajstić information content (AvgIpc) is 3.45. The van der Waals surface area contributed by atoms with Crippen LogP contribution in [-0.2, 0) is 11.0 Å². The highest BCUT2D eigenvalue weighted by atomic mass is 19.4. The average molecular weight is 490 g/mol. The first kappa shape index (κ1) is 22.9. The molecule has 1 aliphatic heterocycles. The van der Waals surface area contributed by atoms with Crippen LogP contribution in [0.25, 0.3) is 28.5 Å². The number of nitrogens with zero attached hydrogens (tertiary/aromatic N) is 1. The minimum atomic E-state index is -4.52. The largest absolute Gasteiger partial charge is 0.416 e. The number of fused-ring (bicyclic) bond motifs is 1. The number of hydrogen-bond donors (Lipinski definition) is 3. The van der Waals surface area contributed by atoms with Crippen molar-refractivity contribution in [1.29, 1.82) is 0 Å². The van der Waals surface area contributed by atoms with E-state index in [4.69, 9.17) is 5.73 Å². The quantitative estimate of drug-likeness (QED) is 0.368. The van der Waals surface area contributed by atoms with E-state index in [0.29, 0.717) is 22.4 Å². The lowest BCUT2D eigenvalue weighted by Gasteiger charge is -2.13. The molecule has 4 N–H and O–H groups in total. The van der Waals surface area contributed by atoms with Gasteiger partial charge in [-0.2, -0.15) is 13.2 Å². The lowest BCUT2D eigenvalue weighted by molar-refractivity contribution is -0.137. The number of pyridine rings is 1. The Morgan fingerprint density at radius 2 is 1.72 bits per heavy atom. The summed E-state index contributed by atoms with van der Waals surface area (Å²) in [4.78, 5) is 41.0. The monoisotopic (exact) mass is 490 g/mol. The molecule has 180 valence electrons. The number of rotatable bonds is 4. The predicted molar refractivity (Wildman–Crippen MR) is 128 cm³/mol. The number of aromatic nitrogens is 2. The fraction of sp³-hybridized carbons (Fsp3) is 0.0385. The molecule has 1 aliphatic rings. The van der Waals surface area contributed by atoms with Crippen molar-refractivity contribution in [3.63, 3.8) is 0 Å². The van der Waals surface area contributed by atoms with Crippen LogP contribution in [0.2, 0.25) is 0 Å². The van der Waals surface area contributed by atoms with Crippen LogP contribution in [0.15, 0.2) is 77.9 Å². The third-order valence-corrected chi connectivity index (χ3v) is 5.85. The Bertz CT molecular complexity index is 1600. The molecule has 0 atom stereocenters. The Balaban J connectivity index is 1.57. The molecule has 0 unspecified atom stereocenters. The number of carbonyl (C=O) groups is 2. The molecule has 7 nitrogen and oxygen atoms in total. The summed E-state index contributed by atoms with van der Waals surface area (Å²) in [6.07, 6.45) is 0.280. The molecular weight excluding hydrogens is 473 g/mol. The molecule has 0 fully saturated rings. The second-order valence-electron chi connectivity index (χ2n) is 8.09. The number of nitrogens with two attached hydrogens (primary N) is 1. The molecule has 2 aromatic carbocycles. The summed E-state index contributed by atoms with van der Waals surface area (Å²) in [7, 11) is 0. The van der Waals surface area contributed by atoms with Gasteiger partial charge in [0.15, 0.2) is 0 Å². The van der Waals surface area contributed by atoms with Gasteiger partial charge in [0.1, 0.15) is 5.56 Å². The van der Waals surface area contributed by atoms with Gasteiger partial charge in [-0.1, -0.05) is 12.1 Å². The highest BCUT2D eigenvalue weighted by molar-refractivity contribution is 6.35. The van der Waals surface area contributed by atoms with E-state index in [2.05, 4.69) is 10.3 Å². The summed E-state index contributed by atoms with van der Waals surface area (Å²) in [5, 5.41) is 2.78. The molecule has 0 bridgehead atoms. The molecule has 0 radical (unpaired) electrons. The van der Waals surface area contributed by atoms with E-state index in [0.717, 1.165) is 34.5 Å². The van der Waals surface area contributed by atoms with E-state index in [1.807, 2.05) is 12.1 Å².